The maximum atomic E-state index is 12.2. The predicted octanol–water partition coefficient (Wildman–Crippen LogP) is 2.78. The fraction of sp³-hybridized carbons (Fsp3) is 0.500. The topological polar surface area (TPSA) is 33.2 Å². The van der Waals surface area contributed by atoms with Gasteiger partial charge in [0.25, 0.3) is 0 Å². The Bertz CT molecular complexity index is 437. The number of carbonyl (C=O) groups is 1. The van der Waals surface area contributed by atoms with Crippen LogP contribution in [-0.2, 0) is 11.2 Å². The number of halogens is 1. The van der Waals surface area contributed by atoms with Gasteiger partial charge in [-0.3, -0.25) is 9.78 Å². The lowest BCUT2D eigenvalue weighted by molar-refractivity contribution is -0.125. The van der Waals surface area contributed by atoms with Gasteiger partial charge in [0.15, 0.2) is 0 Å². The van der Waals surface area contributed by atoms with Crippen LogP contribution in [0.5, 0.6) is 0 Å². The quantitative estimate of drug-likeness (QED) is 0.733. The van der Waals surface area contributed by atoms with Gasteiger partial charge in [0.2, 0.25) is 5.91 Å². The van der Waals surface area contributed by atoms with Gasteiger partial charge in [-0.05, 0) is 27.9 Å². The Morgan fingerprint density at radius 2 is 2.12 bits per heavy atom. The van der Waals surface area contributed by atoms with Gasteiger partial charge in [0, 0.05) is 22.6 Å². The predicted molar refractivity (Wildman–Crippen MR) is 67.4 cm³/mol. The van der Waals surface area contributed by atoms with E-state index >= 15 is 0 Å². The maximum Gasteiger partial charge on any atom is 0.232 e. The molecule has 1 aliphatic heterocycles. The van der Waals surface area contributed by atoms with Crippen molar-refractivity contribution in [3.05, 3.63) is 22.4 Å². The van der Waals surface area contributed by atoms with E-state index < -0.39 is 0 Å². The van der Waals surface area contributed by atoms with Crippen molar-refractivity contribution >= 4 is 27.5 Å². The number of rotatable bonds is 0. The minimum Gasteiger partial charge on any atom is -0.310 e. The second-order valence-corrected chi connectivity index (χ2v) is 5.93. The molecule has 0 fully saturated rings. The molecule has 0 aliphatic carbocycles. The first kappa shape index (κ1) is 11.6. The summed E-state index contributed by atoms with van der Waals surface area (Å²) in [7, 11) is 0. The number of hydrogen-bond acceptors (Lipinski definition) is 2. The molecule has 86 valence electrons. The molecule has 0 N–H and O–H groups in total. The molecule has 0 spiro atoms. The lowest BCUT2D eigenvalue weighted by Gasteiger charge is -2.25. The third kappa shape index (κ3) is 1.86. The molecule has 0 radical (unpaired) electrons. The zero-order valence-electron chi connectivity index (χ0n) is 9.75. The number of anilines is 1. The zero-order valence-corrected chi connectivity index (χ0v) is 11.3. The molecule has 0 saturated heterocycles. The molecule has 3 nitrogen and oxygen atoms in total. The Balaban J connectivity index is 2.38. The molecule has 16 heavy (non-hydrogen) atoms. The summed E-state index contributed by atoms with van der Waals surface area (Å²) in [6.07, 6.45) is 4.46. The second-order valence-electron chi connectivity index (χ2n) is 5.08. The van der Waals surface area contributed by atoms with E-state index in [2.05, 4.69) is 20.9 Å². The van der Waals surface area contributed by atoms with Crippen LogP contribution < -0.4 is 4.90 Å². The maximum absolute atomic E-state index is 12.2. The van der Waals surface area contributed by atoms with Crippen LogP contribution in [0.2, 0.25) is 0 Å². The lowest BCUT2D eigenvalue weighted by atomic mass is 9.95. The van der Waals surface area contributed by atoms with E-state index in [1.807, 2.05) is 25.7 Å². The van der Waals surface area contributed by atoms with E-state index in [1.54, 1.807) is 12.4 Å². The fourth-order valence-corrected chi connectivity index (χ4v) is 2.41. The molecule has 1 aromatic rings. The van der Waals surface area contributed by atoms with E-state index in [4.69, 9.17) is 0 Å². The number of amides is 1. The average Bonchev–Trinajstić information content (AvgIpc) is 2.60. The van der Waals surface area contributed by atoms with E-state index in [0.717, 1.165) is 23.1 Å². The van der Waals surface area contributed by atoms with Crippen LogP contribution in [0.1, 0.15) is 26.3 Å². The van der Waals surface area contributed by atoms with Crippen LogP contribution in [0.4, 0.5) is 5.69 Å². The molecule has 4 heteroatoms. The largest absolute Gasteiger partial charge is 0.310 e. The third-order valence-corrected chi connectivity index (χ3v) is 3.43. The monoisotopic (exact) mass is 282 g/mol. The van der Waals surface area contributed by atoms with Crippen molar-refractivity contribution in [2.45, 2.75) is 27.2 Å². The molecule has 1 amide bonds. The summed E-state index contributed by atoms with van der Waals surface area (Å²) < 4.78 is 0.995. The van der Waals surface area contributed by atoms with E-state index in [0.29, 0.717) is 0 Å². The van der Waals surface area contributed by atoms with Crippen LogP contribution in [0, 0.1) is 5.41 Å². The smallest absolute Gasteiger partial charge is 0.232 e. The normalized spacial score (nSPS) is 15.1. The summed E-state index contributed by atoms with van der Waals surface area (Å²) in [5.41, 5.74) is 1.80. The first-order valence-electron chi connectivity index (χ1n) is 5.35. The Labute approximate surface area is 104 Å². The molecule has 1 aromatic heterocycles. The number of fused-ring (bicyclic) bond motifs is 1. The van der Waals surface area contributed by atoms with Crippen molar-refractivity contribution in [3.63, 3.8) is 0 Å². The van der Waals surface area contributed by atoms with Crippen molar-refractivity contribution in [2.75, 3.05) is 11.4 Å². The first-order valence-corrected chi connectivity index (χ1v) is 6.15. The van der Waals surface area contributed by atoms with Crippen LogP contribution in [0.25, 0.3) is 0 Å². The molecular formula is C12H15BrN2O. The third-order valence-electron chi connectivity index (χ3n) is 2.75. The van der Waals surface area contributed by atoms with Gasteiger partial charge < -0.3 is 4.90 Å². The Morgan fingerprint density at radius 3 is 2.75 bits per heavy atom. The highest BCUT2D eigenvalue weighted by Gasteiger charge is 2.33. The van der Waals surface area contributed by atoms with Crippen LogP contribution in [0.15, 0.2) is 16.9 Å². The molecule has 2 heterocycles. The summed E-state index contributed by atoms with van der Waals surface area (Å²) >= 11 is 3.47. The average molecular weight is 283 g/mol. The molecular weight excluding hydrogens is 268 g/mol. The highest BCUT2D eigenvalue weighted by molar-refractivity contribution is 9.10. The van der Waals surface area contributed by atoms with E-state index in [-0.39, 0.29) is 11.3 Å². The van der Waals surface area contributed by atoms with Crippen molar-refractivity contribution in [3.8, 4) is 0 Å². The fourth-order valence-electron chi connectivity index (χ4n) is 1.89. The van der Waals surface area contributed by atoms with Gasteiger partial charge in [-0.1, -0.05) is 20.8 Å². The zero-order chi connectivity index (χ0) is 11.9. The Morgan fingerprint density at radius 1 is 1.44 bits per heavy atom. The summed E-state index contributed by atoms with van der Waals surface area (Å²) in [6, 6.07) is 0. The van der Waals surface area contributed by atoms with Gasteiger partial charge >= 0.3 is 0 Å². The highest BCUT2D eigenvalue weighted by atomic mass is 79.9. The summed E-state index contributed by atoms with van der Waals surface area (Å²) in [5.74, 6) is 0.158. The summed E-state index contributed by atoms with van der Waals surface area (Å²) in [6.45, 7) is 6.59. The van der Waals surface area contributed by atoms with Crippen LogP contribution in [-0.4, -0.2) is 17.4 Å². The molecule has 0 atom stereocenters. The van der Waals surface area contributed by atoms with Gasteiger partial charge in [-0.25, -0.2) is 0 Å². The van der Waals surface area contributed by atoms with Gasteiger partial charge in [0.05, 0.1) is 11.9 Å². The minimum absolute atomic E-state index is 0.158. The van der Waals surface area contributed by atoms with Crippen molar-refractivity contribution in [1.82, 2.24) is 4.98 Å². The SMILES string of the molecule is CC(C)(C)C(=O)N1CCc2c(Br)cncc21. The van der Waals surface area contributed by atoms with Gasteiger partial charge in [-0.2, -0.15) is 0 Å². The van der Waals surface area contributed by atoms with E-state index in [1.165, 1.54) is 5.56 Å². The molecule has 0 saturated carbocycles. The van der Waals surface area contributed by atoms with Crippen LogP contribution in [0.3, 0.4) is 0 Å². The Kier molecular flexibility index (Phi) is 2.78. The molecule has 0 bridgehead atoms. The molecule has 0 aromatic carbocycles. The van der Waals surface area contributed by atoms with Gasteiger partial charge in [0.1, 0.15) is 0 Å². The number of carbonyl (C=O) groups excluding carboxylic acids is 1. The summed E-state index contributed by atoms with van der Waals surface area (Å²) in [5, 5.41) is 0. The summed E-state index contributed by atoms with van der Waals surface area (Å²) in [4.78, 5) is 18.2. The molecule has 1 aliphatic rings. The number of aromatic nitrogens is 1. The first-order chi connectivity index (χ1) is 7.41. The van der Waals surface area contributed by atoms with Crippen molar-refractivity contribution in [1.29, 1.82) is 0 Å². The number of hydrogen-bond donors (Lipinski definition) is 0. The lowest BCUT2D eigenvalue weighted by Crippen LogP contribution is -2.38. The van der Waals surface area contributed by atoms with Crippen molar-refractivity contribution in [2.24, 2.45) is 5.41 Å². The van der Waals surface area contributed by atoms with Crippen molar-refractivity contribution < 1.29 is 4.79 Å². The number of pyridine rings is 1. The van der Waals surface area contributed by atoms with Crippen LogP contribution >= 0.6 is 15.9 Å². The molecule has 0 unspecified atom stereocenters. The molecule has 2 rings (SSSR count). The highest BCUT2D eigenvalue weighted by Crippen LogP contribution is 2.34. The van der Waals surface area contributed by atoms with Gasteiger partial charge in [-0.15, -0.1) is 0 Å². The Hall–Kier alpha value is -0.900. The minimum atomic E-state index is -0.343. The van der Waals surface area contributed by atoms with E-state index in [9.17, 15) is 4.79 Å². The number of nitrogens with zero attached hydrogens (tertiary/aromatic N) is 2. The second kappa shape index (κ2) is 3.84. The standard InChI is InChI=1S/C12H15BrN2O/c1-12(2,3)11(16)15-5-4-8-9(13)6-14-7-10(8)15/h6-7H,4-5H2,1-3H3.